The van der Waals surface area contributed by atoms with Crippen LogP contribution in [0.1, 0.15) is 65.2 Å². The molecule has 2 rings (SSSR count). The van der Waals surface area contributed by atoms with Gasteiger partial charge in [0.2, 0.25) is 5.91 Å². The van der Waals surface area contributed by atoms with Crippen LogP contribution in [-0.4, -0.2) is 37.0 Å². The summed E-state index contributed by atoms with van der Waals surface area (Å²) in [4.78, 5) is 15.0. The summed E-state index contributed by atoms with van der Waals surface area (Å²) in [7, 11) is 0. The molecule has 0 aliphatic carbocycles. The van der Waals surface area contributed by atoms with E-state index in [9.17, 15) is 4.79 Å². The zero-order valence-electron chi connectivity index (χ0n) is 13.4. The van der Waals surface area contributed by atoms with Crippen LogP contribution in [0, 0.1) is 11.3 Å². The molecule has 3 nitrogen and oxygen atoms in total. The maximum absolute atomic E-state index is 12.8. The van der Waals surface area contributed by atoms with E-state index in [0.717, 1.165) is 39.0 Å². The molecule has 1 N–H and O–H groups in total. The van der Waals surface area contributed by atoms with E-state index < -0.39 is 0 Å². The fourth-order valence-electron chi connectivity index (χ4n) is 3.99. The lowest BCUT2D eigenvalue weighted by Crippen LogP contribution is -2.53. The molecule has 3 heteroatoms. The highest BCUT2D eigenvalue weighted by Crippen LogP contribution is 2.36. The molecule has 2 saturated heterocycles. The molecule has 0 bridgehead atoms. The van der Waals surface area contributed by atoms with Crippen molar-refractivity contribution >= 4 is 5.91 Å². The van der Waals surface area contributed by atoms with Crippen molar-refractivity contribution in [1.82, 2.24) is 10.2 Å². The SMILES string of the molecule is CCCCC(CC)C(=O)N1CCCC2(CCCNC2)C1. The fourth-order valence-corrected chi connectivity index (χ4v) is 3.99. The number of nitrogens with one attached hydrogen (secondary N) is 1. The number of hydrogen-bond donors (Lipinski definition) is 1. The zero-order chi connectivity index (χ0) is 14.4. The molecule has 0 aromatic carbocycles. The van der Waals surface area contributed by atoms with Crippen molar-refractivity contribution in [2.24, 2.45) is 11.3 Å². The van der Waals surface area contributed by atoms with Crippen molar-refractivity contribution in [1.29, 1.82) is 0 Å². The number of unbranched alkanes of at least 4 members (excludes halogenated alkanes) is 1. The van der Waals surface area contributed by atoms with Crippen LogP contribution in [0.2, 0.25) is 0 Å². The third-order valence-electron chi connectivity index (χ3n) is 5.28. The molecule has 2 heterocycles. The Hall–Kier alpha value is -0.570. The van der Waals surface area contributed by atoms with Crippen molar-refractivity contribution in [2.45, 2.75) is 65.2 Å². The highest BCUT2D eigenvalue weighted by Gasteiger charge is 2.38. The zero-order valence-corrected chi connectivity index (χ0v) is 13.4. The van der Waals surface area contributed by atoms with Gasteiger partial charge in [0.25, 0.3) is 0 Å². The largest absolute Gasteiger partial charge is 0.342 e. The Morgan fingerprint density at radius 2 is 2.10 bits per heavy atom. The molecule has 0 saturated carbocycles. The van der Waals surface area contributed by atoms with Crippen LogP contribution in [0.4, 0.5) is 0 Å². The first-order chi connectivity index (χ1) is 9.71. The fraction of sp³-hybridized carbons (Fsp3) is 0.941. The van der Waals surface area contributed by atoms with Gasteiger partial charge >= 0.3 is 0 Å². The van der Waals surface area contributed by atoms with Crippen LogP contribution >= 0.6 is 0 Å². The molecule has 0 aromatic rings. The summed E-state index contributed by atoms with van der Waals surface area (Å²) >= 11 is 0. The van der Waals surface area contributed by atoms with Gasteiger partial charge in [-0.1, -0.05) is 26.7 Å². The van der Waals surface area contributed by atoms with Gasteiger partial charge in [0.1, 0.15) is 0 Å². The van der Waals surface area contributed by atoms with E-state index in [1.165, 1.54) is 38.5 Å². The summed E-state index contributed by atoms with van der Waals surface area (Å²) in [5.41, 5.74) is 0.384. The quantitative estimate of drug-likeness (QED) is 0.839. The summed E-state index contributed by atoms with van der Waals surface area (Å²) in [6.07, 6.45) is 9.52. The third-order valence-corrected chi connectivity index (χ3v) is 5.28. The number of nitrogens with zero attached hydrogens (tertiary/aromatic N) is 1. The van der Waals surface area contributed by atoms with Crippen LogP contribution in [-0.2, 0) is 4.79 Å². The van der Waals surface area contributed by atoms with Crippen molar-refractivity contribution in [3.05, 3.63) is 0 Å². The maximum Gasteiger partial charge on any atom is 0.225 e. The molecule has 2 atom stereocenters. The van der Waals surface area contributed by atoms with Crippen molar-refractivity contribution in [3.8, 4) is 0 Å². The molecule has 0 radical (unpaired) electrons. The number of hydrogen-bond acceptors (Lipinski definition) is 2. The van der Waals surface area contributed by atoms with Crippen LogP contribution in [0.5, 0.6) is 0 Å². The van der Waals surface area contributed by atoms with Gasteiger partial charge in [-0.05, 0) is 45.1 Å². The molecule has 2 aliphatic rings. The van der Waals surface area contributed by atoms with Crippen molar-refractivity contribution in [2.75, 3.05) is 26.2 Å². The van der Waals surface area contributed by atoms with Gasteiger partial charge in [-0.3, -0.25) is 4.79 Å². The Labute approximate surface area is 124 Å². The summed E-state index contributed by atoms with van der Waals surface area (Å²) in [6.45, 7) is 8.64. The predicted molar refractivity (Wildman–Crippen MR) is 83.7 cm³/mol. The Morgan fingerprint density at radius 3 is 2.75 bits per heavy atom. The molecule has 1 amide bonds. The minimum atomic E-state index is 0.265. The Balaban J connectivity index is 1.94. The first-order valence-corrected chi connectivity index (χ1v) is 8.70. The van der Waals surface area contributed by atoms with E-state index in [1.807, 2.05) is 0 Å². The summed E-state index contributed by atoms with van der Waals surface area (Å²) < 4.78 is 0. The topological polar surface area (TPSA) is 32.3 Å². The smallest absolute Gasteiger partial charge is 0.225 e. The number of carbonyl (C=O) groups is 1. The van der Waals surface area contributed by atoms with Crippen LogP contribution in [0.25, 0.3) is 0 Å². The average Bonchev–Trinajstić information content (AvgIpc) is 2.48. The van der Waals surface area contributed by atoms with E-state index in [0.29, 0.717) is 11.3 Å². The molecule has 116 valence electrons. The van der Waals surface area contributed by atoms with Gasteiger partial charge in [-0.2, -0.15) is 0 Å². The lowest BCUT2D eigenvalue weighted by atomic mass is 9.74. The van der Waals surface area contributed by atoms with Crippen LogP contribution in [0.3, 0.4) is 0 Å². The lowest BCUT2D eigenvalue weighted by Gasteiger charge is -2.46. The summed E-state index contributed by atoms with van der Waals surface area (Å²) in [5.74, 6) is 0.701. The average molecular weight is 280 g/mol. The number of likely N-dealkylation sites (tertiary alicyclic amines) is 1. The monoisotopic (exact) mass is 280 g/mol. The standard InChI is InChI=1S/C17H32N2O/c1-3-5-8-15(4-2)16(20)19-12-7-10-17(14-19)9-6-11-18-13-17/h15,18H,3-14H2,1-2H3. The van der Waals surface area contributed by atoms with Gasteiger partial charge in [-0.15, -0.1) is 0 Å². The second kappa shape index (κ2) is 7.44. The van der Waals surface area contributed by atoms with Gasteiger partial charge in [0.15, 0.2) is 0 Å². The lowest BCUT2D eigenvalue weighted by molar-refractivity contribution is -0.140. The van der Waals surface area contributed by atoms with Crippen LogP contribution < -0.4 is 5.32 Å². The Morgan fingerprint density at radius 1 is 1.30 bits per heavy atom. The van der Waals surface area contributed by atoms with Crippen LogP contribution in [0.15, 0.2) is 0 Å². The molecule has 2 unspecified atom stereocenters. The van der Waals surface area contributed by atoms with E-state index in [4.69, 9.17) is 0 Å². The number of piperidine rings is 2. The molecule has 20 heavy (non-hydrogen) atoms. The molecule has 2 fully saturated rings. The summed E-state index contributed by atoms with van der Waals surface area (Å²) in [6, 6.07) is 0. The molecule has 0 aromatic heterocycles. The van der Waals surface area contributed by atoms with Gasteiger partial charge in [-0.25, -0.2) is 0 Å². The molecular weight excluding hydrogens is 248 g/mol. The number of rotatable bonds is 5. The van der Waals surface area contributed by atoms with Crippen molar-refractivity contribution < 1.29 is 4.79 Å². The second-order valence-corrected chi connectivity index (χ2v) is 6.89. The minimum absolute atomic E-state index is 0.265. The van der Waals surface area contributed by atoms with E-state index in [2.05, 4.69) is 24.1 Å². The van der Waals surface area contributed by atoms with Gasteiger partial charge in [0, 0.05) is 31.0 Å². The van der Waals surface area contributed by atoms with E-state index in [1.54, 1.807) is 0 Å². The molecule has 1 spiro atoms. The van der Waals surface area contributed by atoms with Gasteiger partial charge < -0.3 is 10.2 Å². The Bertz CT molecular complexity index is 305. The Kier molecular flexibility index (Phi) is 5.88. The number of carbonyl (C=O) groups excluding carboxylic acids is 1. The maximum atomic E-state index is 12.8. The van der Waals surface area contributed by atoms with E-state index >= 15 is 0 Å². The minimum Gasteiger partial charge on any atom is -0.342 e. The van der Waals surface area contributed by atoms with E-state index in [-0.39, 0.29) is 5.92 Å². The molecular formula is C17H32N2O. The highest BCUT2D eigenvalue weighted by atomic mass is 16.2. The van der Waals surface area contributed by atoms with Gasteiger partial charge in [0.05, 0.1) is 0 Å². The first-order valence-electron chi connectivity index (χ1n) is 8.70. The first kappa shape index (κ1) is 15.8. The van der Waals surface area contributed by atoms with Crippen molar-refractivity contribution in [3.63, 3.8) is 0 Å². The third kappa shape index (κ3) is 3.75. The normalized spacial score (nSPS) is 28.6. The predicted octanol–water partition coefficient (Wildman–Crippen LogP) is 3.20. The summed E-state index contributed by atoms with van der Waals surface area (Å²) in [5, 5.41) is 3.54. The highest BCUT2D eigenvalue weighted by molar-refractivity contribution is 5.79. The molecule has 2 aliphatic heterocycles. The second-order valence-electron chi connectivity index (χ2n) is 6.89. The number of amides is 1.